The van der Waals surface area contributed by atoms with Gasteiger partial charge in [0.05, 0.1) is 5.69 Å². The third kappa shape index (κ3) is 2.24. The Bertz CT molecular complexity index is 440. The molecule has 0 aliphatic heterocycles. The second-order valence-electron chi connectivity index (χ2n) is 3.30. The average molecular weight is 214 g/mol. The second-order valence-corrected chi connectivity index (χ2v) is 4.88. The molecule has 4 nitrogen and oxygen atoms in total. The molecule has 0 atom stereocenters. The first-order valence-electron chi connectivity index (χ1n) is 4.16. The van der Waals surface area contributed by atoms with Crippen molar-refractivity contribution >= 4 is 15.9 Å². The van der Waals surface area contributed by atoms with Gasteiger partial charge >= 0.3 is 0 Å². The van der Waals surface area contributed by atoms with Crippen LogP contribution in [-0.4, -0.2) is 15.5 Å². The highest BCUT2D eigenvalue weighted by Crippen LogP contribution is 2.20. The lowest BCUT2D eigenvalue weighted by Gasteiger charge is -2.18. The highest BCUT2D eigenvalue weighted by atomic mass is 32.2. The van der Waals surface area contributed by atoms with Gasteiger partial charge in [-0.05, 0) is 25.5 Å². The van der Waals surface area contributed by atoms with Gasteiger partial charge in [0, 0.05) is 7.05 Å². The van der Waals surface area contributed by atoms with Crippen molar-refractivity contribution < 1.29 is 8.42 Å². The first-order valence-corrected chi connectivity index (χ1v) is 5.66. The van der Waals surface area contributed by atoms with Crippen molar-refractivity contribution in [3.8, 4) is 0 Å². The third-order valence-electron chi connectivity index (χ3n) is 2.07. The van der Waals surface area contributed by atoms with Crippen LogP contribution in [0.3, 0.4) is 0 Å². The molecule has 1 aromatic rings. The Morgan fingerprint density at radius 1 is 1.29 bits per heavy atom. The predicted molar refractivity (Wildman–Crippen MR) is 57.4 cm³/mol. The van der Waals surface area contributed by atoms with E-state index in [0.717, 1.165) is 15.4 Å². The topological polar surface area (TPSA) is 63.4 Å². The van der Waals surface area contributed by atoms with Gasteiger partial charge in [0.15, 0.2) is 0 Å². The zero-order valence-electron chi connectivity index (χ0n) is 8.48. The maximum atomic E-state index is 11.1. The van der Waals surface area contributed by atoms with Crippen molar-refractivity contribution in [3.63, 3.8) is 0 Å². The molecule has 0 unspecified atom stereocenters. The fourth-order valence-electron chi connectivity index (χ4n) is 1.30. The first kappa shape index (κ1) is 11.0. The van der Waals surface area contributed by atoms with Gasteiger partial charge < -0.3 is 0 Å². The number of hydrogen-bond donors (Lipinski definition) is 1. The summed E-state index contributed by atoms with van der Waals surface area (Å²) in [5.41, 5.74) is 2.59. The van der Waals surface area contributed by atoms with Crippen molar-refractivity contribution in [2.75, 3.05) is 11.4 Å². The molecule has 1 aromatic carbocycles. The molecular formula is C9H14N2O2S. The summed E-state index contributed by atoms with van der Waals surface area (Å²) in [6.07, 6.45) is 0. The van der Waals surface area contributed by atoms with E-state index in [1.165, 1.54) is 7.05 Å². The summed E-state index contributed by atoms with van der Waals surface area (Å²) in [7, 11) is -2.22. The monoisotopic (exact) mass is 214 g/mol. The maximum absolute atomic E-state index is 11.1. The smallest absolute Gasteiger partial charge is 0.261 e. The van der Waals surface area contributed by atoms with Crippen LogP contribution in [0.5, 0.6) is 0 Å². The summed E-state index contributed by atoms with van der Waals surface area (Å²) in [4.78, 5) is 0. The van der Waals surface area contributed by atoms with E-state index >= 15 is 0 Å². The average Bonchev–Trinajstić information content (AvgIpc) is 2.01. The predicted octanol–water partition coefficient (Wildman–Crippen LogP) is 0.943. The molecule has 0 bridgehead atoms. The summed E-state index contributed by atoms with van der Waals surface area (Å²) in [5, 5.41) is 5.02. The van der Waals surface area contributed by atoms with Crippen LogP contribution in [0, 0.1) is 13.8 Å². The Balaban J connectivity index is 3.21. The highest BCUT2D eigenvalue weighted by molar-refractivity contribution is 7.90. The molecule has 5 heteroatoms. The Hall–Kier alpha value is -1.07. The van der Waals surface area contributed by atoms with Crippen LogP contribution < -0.4 is 9.44 Å². The van der Waals surface area contributed by atoms with E-state index in [2.05, 4.69) is 0 Å². The molecule has 1 rings (SSSR count). The zero-order valence-corrected chi connectivity index (χ0v) is 9.30. The Labute approximate surface area is 84.5 Å². The van der Waals surface area contributed by atoms with Gasteiger partial charge in [-0.15, -0.1) is 0 Å². The van der Waals surface area contributed by atoms with Gasteiger partial charge in [-0.1, -0.05) is 17.7 Å². The minimum Gasteiger partial charge on any atom is -0.261 e. The molecule has 2 N–H and O–H groups in total. The second kappa shape index (κ2) is 3.59. The van der Waals surface area contributed by atoms with Crippen LogP contribution in [-0.2, 0) is 10.2 Å². The lowest BCUT2D eigenvalue weighted by molar-refractivity contribution is 0.596. The molecule has 0 saturated heterocycles. The summed E-state index contributed by atoms with van der Waals surface area (Å²) in [5.74, 6) is 0. The minimum absolute atomic E-state index is 0.609. The van der Waals surface area contributed by atoms with Crippen molar-refractivity contribution in [1.29, 1.82) is 0 Å². The van der Waals surface area contributed by atoms with Gasteiger partial charge in [0.2, 0.25) is 0 Å². The summed E-state index contributed by atoms with van der Waals surface area (Å²) in [6.45, 7) is 3.80. The van der Waals surface area contributed by atoms with Crippen LogP contribution in [0.2, 0.25) is 0 Å². The summed E-state index contributed by atoms with van der Waals surface area (Å²) in [6, 6.07) is 5.51. The van der Waals surface area contributed by atoms with E-state index < -0.39 is 10.2 Å². The molecule has 0 aliphatic carbocycles. The van der Waals surface area contributed by atoms with Gasteiger partial charge in [-0.2, -0.15) is 8.42 Å². The molecule has 0 radical (unpaired) electrons. The fraction of sp³-hybridized carbons (Fsp3) is 0.333. The molecule has 0 aliphatic rings. The molecule has 0 amide bonds. The van der Waals surface area contributed by atoms with Crippen LogP contribution in [0.15, 0.2) is 18.2 Å². The van der Waals surface area contributed by atoms with Crippen molar-refractivity contribution in [3.05, 3.63) is 29.3 Å². The maximum Gasteiger partial charge on any atom is 0.298 e. The van der Waals surface area contributed by atoms with E-state index in [4.69, 9.17) is 5.14 Å². The highest BCUT2D eigenvalue weighted by Gasteiger charge is 2.13. The van der Waals surface area contributed by atoms with Crippen LogP contribution in [0.4, 0.5) is 5.69 Å². The minimum atomic E-state index is -3.66. The molecule has 78 valence electrons. The SMILES string of the molecule is Cc1ccc(N(C)S(N)(=O)=O)c(C)c1. The summed E-state index contributed by atoms with van der Waals surface area (Å²) < 4.78 is 23.2. The van der Waals surface area contributed by atoms with E-state index in [0.29, 0.717) is 5.69 Å². The standard InChI is InChI=1S/C9H14N2O2S/c1-7-4-5-9(8(2)6-7)11(3)14(10,12)13/h4-6H,1-3H3,(H2,10,12,13). The van der Waals surface area contributed by atoms with Gasteiger partial charge in [-0.3, -0.25) is 4.31 Å². The Kier molecular flexibility index (Phi) is 2.82. The molecule has 0 fully saturated rings. The van der Waals surface area contributed by atoms with Crippen molar-refractivity contribution in [2.24, 2.45) is 5.14 Å². The number of nitrogens with two attached hydrogens (primary N) is 1. The summed E-state index contributed by atoms with van der Waals surface area (Å²) >= 11 is 0. The van der Waals surface area contributed by atoms with Gasteiger partial charge in [-0.25, -0.2) is 5.14 Å². The lowest BCUT2D eigenvalue weighted by Crippen LogP contribution is -2.33. The Morgan fingerprint density at radius 2 is 1.86 bits per heavy atom. The van der Waals surface area contributed by atoms with E-state index in [1.807, 2.05) is 26.0 Å². The van der Waals surface area contributed by atoms with Gasteiger partial charge in [0.1, 0.15) is 0 Å². The molecule has 14 heavy (non-hydrogen) atoms. The van der Waals surface area contributed by atoms with Crippen LogP contribution in [0.25, 0.3) is 0 Å². The molecule has 0 heterocycles. The number of nitrogens with zero attached hydrogens (tertiary/aromatic N) is 1. The van der Waals surface area contributed by atoms with E-state index in [9.17, 15) is 8.42 Å². The zero-order chi connectivity index (χ0) is 10.9. The fourth-order valence-corrected chi connectivity index (χ4v) is 1.77. The molecular weight excluding hydrogens is 200 g/mol. The van der Waals surface area contributed by atoms with Crippen molar-refractivity contribution in [2.45, 2.75) is 13.8 Å². The first-order chi connectivity index (χ1) is 6.32. The van der Waals surface area contributed by atoms with Gasteiger partial charge in [0.25, 0.3) is 10.2 Å². The van der Waals surface area contributed by atoms with E-state index in [1.54, 1.807) is 6.07 Å². The Morgan fingerprint density at radius 3 is 2.29 bits per heavy atom. The van der Waals surface area contributed by atoms with Crippen molar-refractivity contribution in [1.82, 2.24) is 0 Å². The van der Waals surface area contributed by atoms with E-state index in [-0.39, 0.29) is 0 Å². The molecule has 0 aromatic heterocycles. The molecule has 0 saturated carbocycles. The quantitative estimate of drug-likeness (QED) is 0.796. The number of benzene rings is 1. The van der Waals surface area contributed by atoms with Crippen LogP contribution >= 0.6 is 0 Å². The number of anilines is 1. The number of aryl methyl sites for hydroxylation is 2. The molecule has 0 spiro atoms. The normalized spacial score (nSPS) is 11.4. The number of hydrogen-bond acceptors (Lipinski definition) is 2. The largest absolute Gasteiger partial charge is 0.298 e. The lowest BCUT2D eigenvalue weighted by atomic mass is 10.1. The third-order valence-corrected chi connectivity index (χ3v) is 3.03. The number of rotatable bonds is 2. The van der Waals surface area contributed by atoms with Crippen LogP contribution in [0.1, 0.15) is 11.1 Å².